The van der Waals surface area contributed by atoms with Gasteiger partial charge in [0.25, 0.3) is 0 Å². The lowest BCUT2D eigenvalue weighted by atomic mass is 10.1. The molecule has 0 spiro atoms. The highest BCUT2D eigenvalue weighted by atomic mass is 32.2. The molecule has 1 atom stereocenters. The second kappa shape index (κ2) is 6.00. The van der Waals surface area contributed by atoms with Crippen LogP contribution in [0.4, 0.5) is 5.69 Å². The zero-order valence-electron chi connectivity index (χ0n) is 13.0. The zero-order valence-corrected chi connectivity index (χ0v) is 13.8. The van der Waals surface area contributed by atoms with E-state index in [4.69, 9.17) is 9.84 Å². The van der Waals surface area contributed by atoms with Crippen molar-refractivity contribution in [3.63, 3.8) is 0 Å². The number of ether oxygens (including phenoxy) is 1. The fourth-order valence-electron chi connectivity index (χ4n) is 3.13. The van der Waals surface area contributed by atoms with E-state index in [9.17, 15) is 4.79 Å². The minimum atomic E-state index is -0.812. The van der Waals surface area contributed by atoms with Gasteiger partial charge in [-0.1, -0.05) is 54.2 Å². The van der Waals surface area contributed by atoms with E-state index in [0.717, 1.165) is 28.3 Å². The van der Waals surface area contributed by atoms with E-state index in [0.29, 0.717) is 6.61 Å². The molecule has 0 aliphatic carbocycles. The number of carboxylic acids is 1. The largest absolute Gasteiger partial charge is 0.481 e. The number of benzene rings is 2. The van der Waals surface area contributed by atoms with E-state index in [1.165, 1.54) is 0 Å². The van der Waals surface area contributed by atoms with Crippen molar-refractivity contribution in [1.29, 1.82) is 0 Å². The van der Waals surface area contributed by atoms with Crippen molar-refractivity contribution in [2.24, 2.45) is 0 Å². The average molecular weight is 339 g/mol. The van der Waals surface area contributed by atoms with Crippen LogP contribution in [0.25, 0.3) is 6.08 Å². The summed E-state index contributed by atoms with van der Waals surface area (Å²) in [5.74, 6) is -0.812. The van der Waals surface area contributed by atoms with Crippen molar-refractivity contribution in [3.8, 4) is 0 Å². The van der Waals surface area contributed by atoms with E-state index in [-0.39, 0.29) is 6.42 Å². The van der Waals surface area contributed by atoms with Crippen LogP contribution in [0, 0.1) is 0 Å². The van der Waals surface area contributed by atoms with Crippen LogP contribution in [0.3, 0.4) is 0 Å². The molecule has 0 radical (unpaired) electrons. The summed E-state index contributed by atoms with van der Waals surface area (Å²) in [5, 5.41) is 8.46. The Balaban J connectivity index is 1.64. The molecule has 2 aromatic rings. The van der Waals surface area contributed by atoms with Crippen LogP contribution in [0.5, 0.6) is 0 Å². The van der Waals surface area contributed by atoms with Crippen LogP contribution >= 0.6 is 11.8 Å². The molecule has 4 rings (SSSR count). The van der Waals surface area contributed by atoms with Gasteiger partial charge in [-0.15, -0.1) is 0 Å². The third kappa shape index (κ3) is 2.70. The van der Waals surface area contributed by atoms with Gasteiger partial charge in [0.1, 0.15) is 0 Å². The number of hydrogen-bond donors (Lipinski definition) is 1. The summed E-state index contributed by atoms with van der Waals surface area (Å²) in [6.07, 6.45) is 4.22. The lowest BCUT2D eigenvalue weighted by molar-refractivity contribution is -0.136. The first-order valence-corrected chi connectivity index (χ1v) is 8.68. The molecular weight excluding hydrogens is 322 g/mol. The molecule has 2 heterocycles. The van der Waals surface area contributed by atoms with Crippen LogP contribution in [-0.4, -0.2) is 29.3 Å². The molecule has 0 saturated carbocycles. The van der Waals surface area contributed by atoms with Crippen molar-refractivity contribution in [2.75, 3.05) is 18.1 Å². The first kappa shape index (κ1) is 15.3. The molecule has 24 heavy (non-hydrogen) atoms. The van der Waals surface area contributed by atoms with E-state index in [1.807, 2.05) is 36.4 Å². The smallest absolute Gasteiger partial charge is 0.307 e. The molecule has 122 valence electrons. The average Bonchev–Trinajstić information content (AvgIpc) is 3.09. The van der Waals surface area contributed by atoms with Gasteiger partial charge in [-0.3, -0.25) is 4.79 Å². The minimum absolute atomic E-state index is 0.0432. The maximum atomic E-state index is 10.9. The van der Waals surface area contributed by atoms with Crippen LogP contribution in [-0.2, 0) is 16.0 Å². The highest BCUT2D eigenvalue weighted by molar-refractivity contribution is 8.01. The fraction of sp³-hybridized carbons (Fsp3) is 0.211. The Hall–Kier alpha value is -2.24. The summed E-state index contributed by atoms with van der Waals surface area (Å²) < 4.78 is 6.08. The number of thioether (sulfide) groups is 1. The highest BCUT2D eigenvalue weighted by Crippen LogP contribution is 2.54. The molecule has 1 saturated heterocycles. The maximum absolute atomic E-state index is 10.9. The number of anilines is 1. The molecule has 0 bridgehead atoms. The Morgan fingerprint density at radius 2 is 2.12 bits per heavy atom. The molecule has 2 aromatic carbocycles. The summed E-state index contributed by atoms with van der Waals surface area (Å²) in [6.45, 7) is 1.51. The number of aliphatic carboxylic acids is 1. The van der Waals surface area contributed by atoms with Gasteiger partial charge in [0.15, 0.2) is 0 Å². The molecular formula is C19H17NO3S. The lowest BCUT2D eigenvalue weighted by Gasteiger charge is -2.27. The first-order valence-electron chi connectivity index (χ1n) is 7.86. The number of rotatable bonds is 4. The monoisotopic (exact) mass is 339 g/mol. The minimum Gasteiger partial charge on any atom is -0.481 e. The van der Waals surface area contributed by atoms with E-state index < -0.39 is 11.0 Å². The third-order valence-electron chi connectivity index (χ3n) is 4.21. The fourth-order valence-corrected chi connectivity index (χ4v) is 4.52. The third-order valence-corrected chi connectivity index (χ3v) is 5.53. The topological polar surface area (TPSA) is 49.8 Å². The summed E-state index contributed by atoms with van der Waals surface area (Å²) in [5.41, 5.74) is 3.06. The van der Waals surface area contributed by atoms with Gasteiger partial charge in [0, 0.05) is 11.4 Å². The van der Waals surface area contributed by atoms with E-state index in [1.54, 1.807) is 11.8 Å². The van der Waals surface area contributed by atoms with Crippen molar-refractivity contribution in [2.45, 2.75) is 16.4 Å². The van der Waals surface area contributed by atoms with Gasteiger partial charge < -0.3 is 14.7 Å². The Labute approximate surface area is 144 Å². The highest BCUT2D eigenvalue weighted by Gasteiger charge is 2.47. The summed E-state index contributed by atoms with van der Waals surface area (Å²) in [6, 6.07) is 16.0. The van der Waals surface area contributed by atoms with Gasteiger partial charge >= 0.3 is 5.97 Å². The zero-order chi connectivity index (χ0) is 16.6. The Bertz CT molecular complexity index is 806. The molecule has 1 fully saturated rings. The molecule has 2 aliphatic rings. The number of fused-ring (bicyclic) bond motifs is 3. The number of carboxylic acid groups (broad SMARTS) is 1. The second-order valence-corrected chi connectivity index (χ2v) is 7.08. The molecule has 0 amide bonds. The van der Waals surface area contributed by atoms with Gasteiger partial charge in [-0.25, -0.2) is 0 Å². The molecule has 1 N–H and O–H groups in total. The molecule has 2 aliphatic heterocycles. The summed E-state index contributed by atoms with van der Waals surface area (Å²) >= 11 is 1.64. The number of nitrogens with zero attached hydrogens (tertiary/aromatic N) is 1. The Morgan fingerprint density at radius 3 is 2.92 bits per heavy atom. The van der Waals surface area contributed by atoms with Crippen LogP contribution in [0.15, 0.2) is 59.5 Å². The molecule has 0 aromatic heterocycles. The second-order valence-electron chi connectivity index (χ2n) is 5.85. The van der Waals surface area contributed by atoms with Crippen LogP contribution in [0.2, 0.25) is 0 Å². The predicted molar refractivity (Wildman–Crippen MR) is 95.1 cm³/mol. The number of carbonyl (C=O) groups is 1. The Kier molecular flexibility index (Phi) is 3.82. The van der Waals surface area contributed by atoms with Crippen molar-refractivity contribution < 1.29 is 14.6 Å². The normalized spacial score (nSPS) is 21.9. The SMILES string of the molecule is O=C(O)Cc1ccc2c(c1)SC1(/C=C/c3ccccc3)OCCN21. The number of hydrogen-bond acceptors (Lipinski definition) is 4. The van der Waals surface area contributed by atoms with Crippen LogP contribution in [0.1, 0.15) is 11.1 Å². The molecule has 1 unspecified atom stereocenters. The van der Waals surface area contributed by atoms with Crippen LogP contribution < -0.4 is 4.90 Å². The summed E-state index contributed by atoms with van der Waals surface area (Å²) in [4.78, 5) is 14.3. The van der Waals surface area contributed by atoms with Gasteiger partial charge in [-0.05, 0) is 29.3 Å². The predicted octanol–water partition coefficient (Wildman–Crippen LogP) is 3.62. The summed E-state index contributed by atoms with van der Waals surface area (Å²) in [7, 11) is 0. The van der Waals surface area contributed by atoms with Crippen molar-refractivity contribution in [3.05, 3.63) is 65.7 Å². The molecule has 5 heteroatoms. The molecule has 4 nitrogen and oxygen atoms in total. The first-order chi connectivity index (χ1) is 11.7. The van der Waals surface area contributed by atoms with Gasteiger partial charge in [0.2, 0.25) is 5.06 Å². The van der Waals surface area contributed by atoms with E-state index >= 15 is 0 Å². The van der Waals surface area contributed by atoms with Gasteiger partial charge in [0.05, 0.1) is 18.7 Å². The van der Waals surface area contributed by atoms with E-state index in [2.05, 4.69) is 29.2 Å². The van der Waals surface area contributed by atoms with Crippen molar-refractivity contribution in [1.82, 2.24) is 0 Å². The quantitative estimate of drug-likeness (QED) is 0.922. The standard InChI is InChI=1S/C19H17NO3S/c21-18(22)13-15-6-7-16-17(12-15)24-19(20(16)10-11-23-19)9-8-14-4-2-1-3-5-14/h1-9,12H,10-11,13H2,(H,21,22)/b9-8+. The van der Waals surface area contributed by atoms with Gasteiger partial charge in [-0.2, -0.15) is 0 Å². The van der Waals surface area contributed by atoms with Crippen molar-refractivity contribution >= 4 is 29.5 Å². The maximum Gasteiger partial charge on any atom is 0.307 e. The Morgan fingerprint density at radius 1 is 1.29 bits per heavy atom. The lowest BCUT2D eigenvalue weighted by Crippen LogP contribution is -2.36.